The van der Waals surface area contributed by atoms with Crippen LogP contribution in [0.2, 0.25) is 18.1 Å². The summed E-state index contributed by atoms with van der Waals surface area (Å²) in [5.41, 5.74) is -0.530. The summed E-state index contributed by atoms with van der Waals surface area (Å²) in [5.74, 6) is -0.290. The van der Waals surface area contributed by atoms with E-state index in [1.165, 1.54) is 0 Å². The van der Waals surface area contributed by atoms with Crippen molar-refractivity contribution in [1.82, 2.24) is 4.90 Å². The number of likely N-dealkylation sites (tertiary alicyclic amines) is 1. The van der Waals surface area contributed by atoms with E-state index in [1.54, 1.807) is 4.90 Å². The number of carbonyl (C=O) groups excluding carboxylic acids is 1. The Balaban J connectivity index is 2.79. The molecule has 1 saturated heterocycles. The summed E-state index contributed by atoms with van der Waals surface area (Å²) in [4.78, 5) is 13.8. The van der Waals surface area contributed by atoms with Gasteiger partial charge in [-0.15, -0.1) is 0 Å². The molecule has 1 rings (SSSR count). The van der Waals surface area contributed by atoms with E-state index in [4.69, 9.17) is 9.16 Å². The van der Waals surface area contributed by atoms with Gasteiger partial charge >= 0.3 is 6.09 Å². The van der Waals surface area contributed by atoms with Crippen molar-refractivity contribution in [3.05, 3.63) is 0 Å². The van der Waals surface area contributed by atoms with Crippen LogP contribution in [-0.2, 0) is 9.16 Å². The average Bonchev–Trinajstić information content (AvgIpc) is 2.67. The summed E-state index contributed by atoms with van der Waals surface area (Å²) >= 11 is 0. The lowest BCUT2D eigenvalue weighted by molar-refractivity contribution is 0.0272. The predicted octanol–water partition coefficient (Wildman–Crippen LogP) is 3.77. The third kappa shape index (κ3) is 4.72. The smallest absolute Gasteiger partial charge is 0.410 e. The second-order valence-corrected chi connectivity index (χ2v) is 13.3. The van der Waals surface area contributed by atoms with E-state index in [0.717, 1.165) is 0 Å². The van der Waals surface area contributed by atoms with Crippen LogP contribution in [-0.4, -0.2) is 44.1 Å². The van der Waals surface area contributed by atoms with Crippen molar-refractivity contribution in [2.24, 2.45) is 5.92 Å². The molecule has 6 heteroatoms. The molecule has 1 fully saturated rings. The first-order chi connectivity index (χ1) is 9.77. The van der Waals surface area contributed by atoms with Crippen LogP contribution in [0.5, 0.6) is 0 Å². The minimum atomic E-state index is -1.97. The van der Waals surface area contributed by atoms with Crippen LogP contribution >= 0.6 is 0 Å². The second kappa shape index (κ2) is 6.21. The maximum atomic E-state index is 12.2. The maximum absolute atomic E-state index is 12.2. The Morgan fingerprint density at radius 2 is 1.73 bits per heavy atom. The molecule has 0 aliphatic carbocycles. The number of rotatable bonds is 2. The third-order valence-electron chi connectivity index (χ3n) is 4.34. The standard InChI is InChI=1S/C16H30N2O3Si/c1-15(2,3)20-14(19)18-10-12(9-17)13(11-18)21-22(7,8)16(4,5)6/h12-13H,10-11H2,1-8H3. The molecule has 1 aliphatic heterocycles. The highest BCUT2D eigenvalue weighted by molar-refractivity contribution is 6.74. The second-order valence-electron chi connectivity index (χ2n) is 8.54. The molecule has 2 unspecified atom stereocenters. The van der Waals surface area contributed by atoms with Crippen LogP contribution in [0.25, 0.3) is 0 Å². The molecule has 0 aromatic heterocycles. The topological polar surface area (TPSA) is 62.6 Å². The summed E-state index contributed by atoms with van der Waals surface area (Å²) in [7, 11) is -1.97. The van der Waals surface area contributed by atoms with Gasteiger partial charge in [-0.1, -0.05) is 20.8 Å². The van der Waals surface area contributed by atoms with Gasteiger partial charge in [-0.2, -0.15) is 5.26 Å². The highest BCUT2D eigenvalue weighted by atomic mass is 28.4. The molecule has 5 nitrogen and oxygen atoms in total. The van der Waals surface area contributed by atoms with Crippen molar-refractivity contribution < 1.29 is 14.0 Å². The Bertz CT molecular complexity index is 457. The SMILES string of the molecule is CC(C)(C)OC(=O)N1CC(C#N)C(O[Si](C)(C)C(C)(C)C)C1. The number of hydrogen-bond donors (Lipinski definition) is 0. The van der Waals surface area contributed by atoms with E-state index >= 15 is 0 Å². The summed E-state index contributed by atoms with van der Waals surface area (Å²) in [6.45, 7) is 17.2. The van der Waals surface area contributed by atoms with Gasteiger partial charge in [0.2, 0.25) is 0 Å². The van der Waals surface area contributed by atoms with Crippen LogP contribution in [0.3, 0.4) is 0 Å². The normalized spacial score (nSPS) is 23.3. The number of amides is 1. The van der Waals surface area contributed by atoms with Crippen LogP contribution < -0.4 is 0 Å². The lowest BCUT2D eigenvalue weighted by Gasteiger charge is -2.38. The van der Waals surface area contributed by atoms with Crippen molar-refractivity contribution in [1.29, 1.82) is 5.26 Å². The molecule has 0 N–H and O–H groups in total. The van der Waals surface area contributed by atoms with Crippen LogP contribution in [0.1, 0.15) is 41.5 Å². The minimum absolute atomic E-state index is 0.0757. The molecule has 22 heavy (non-hydrogen) atoms. The predicted molar refractivity (Wildman–Crippen MR) is 89.0 cm³/mol. The Labute approximate surface area is 135 Å². The van der Waals surface area contributed by atoms with E-state index in [1.807, 2.05) is 20.8 Å². The Hall–Kier alpha value is -1.06. The average molecular weight is 327 g/mol. The molecular formula is C16H30N2O3Si. The molecule has 0 radical (unpaired) electrons. The van der Waals surface area contributed by atoms with Gasteiger partial charge in [0.05, 0.1) is 24.6 Å². The van der Waals surface area contributed by atoms with Crippen molar-refractivity contribution >= 4 is 14.4 Å². The summed E-state index contributed by atoms with van der Waals surface area (Å²) < 4.78 is 11.7. The minimum Gasteiger partial charge on any atom is -0.444 e. The van der Waals surface area contributed by atoms with Crippen molar-refractivity contribution in [2.75, 3.05) is 13.1 Å². The van der Waals surface area contributed by atoms with Gasteiger partial charge < -0.3 is 14.1 Å². The summed E-state index contributed by atoms with van der Waals surface area (Å²) in [6, 6.07) is 2.28. The van der Waals surface area contributed by atoms with Gasteiger partial charge in [-0.25, -0.2) is 4.79 Å². The Morgan fingerprint density at radius 1 is 1.18 bits per heavy atom. The first-order valence-electron chi connectivity index (χ1n) is 7.82. The van der Waals surface area contributed by atoms with E-state index in [-0.39, 0.29) is 23.2 Å². The van der Waals surface area contributed by atoms with Gasteiger partial charge in [-0.05, 0) is 38.9 Å². The molecule has 0 bridgehead atoms. The van der Waals surface area contributed by atoms with Crippen LogP contribution in [0, 0.1) is 17.2 Å². The van der Waals surface area contributed by atoms with Crippen LogP contribution in [0.15, 0.2) is 0 Å². The fourth-order valence-electron chi connectivity index (χ4n) is 2.05. The van der Waals surface area contributed by atoms with E-state index in [2.05, 4.69) is 39.9 Å². The quantitative estimate of drug-likeness (QED) is 0.725. The molecule has 2 atom stereocenters. The molecule has 1 aliphatic rings. The third-order valence-corrected chi connectivity index (χ3v) is 8.84. The van der Waals surface area contributed by atoms with E-state index in [9.17, 15) is 10.1 Å². The highest BCUT2D eigenvalue weighted by Gasteiger charge is 2.45. The fourth-order valence-corrected chi connectivity index (χ4v) is 3.40. The van der Waals surface area contributed by atoms with Crippen molar-refractivity contribution in [2.45, 2.75) is 71.4 Å². The first-order valence-corrected chi connectivity index (χ1v) is 10.7. The number of hydrogen-bond acceptors (Lipinski definition) is 4. The largest absolute Gasteiger partial charge is 0.444 e. The number of ether oxygens (including phenoxy) is 1. The van der Waals surface area contributed by atoms with Crippen LogP contribution in [0.4, 0.5) is 4.79 Å². The Morgan fingerprint density at radius 3 is 2.14 bits per heavy atom. The lowest BCUT2D eigenvalue weighted by atomic mass is 10.1. The maximum Gasteiger partial charge on any atom is 0.410 e. The highest BCUT2D eigenvalue weighted by Crippen LogP contribution is 2.39. The van der Waals surface area contributed by atoms with Gasteiger partial charge in [0.1, 0.15) is 5.60 Å². The molecule has 0 saturated carbocycles. The van der Waals surface area contributed by atoms with Crippen molar-refractivity contribution in [3.8, 4) is 6.07 Å². The van der Waals surface area contributed by atoms with E-state index < -0.39 is 13.9 Å². The first kappa shape index (κ1) is 19.0. The van der Waals surface area contributed by atoms with Gasteiger partial charge in [0, 0.05) is 6.54 Å². The fraction of sp³-hybridized carbons (Fsp3) is 0.875. The zero-order valence-corrected chi connectivity index (χ0v) is 16.2. The Kier molecular flexibility index (Phi) is 5.36. The summed E-state index contributed by atoms with van der Waals surface area (Å²) in [5, 5.41) is 9.45. The number of carbonyl (C=O) groups is 1. The molecular weight excluding hydrogens is 296 g/mol. The molecule has 126 valence electrons. The lowest BCUT2D eigenvalue weighted by Crippen LogP contribution is -2.46. The van der Waals surface area contributed by atoms with Gasteiger partial charge in [-0.3, -0.25) is 0 Å². The number of nitriles is 1. The monoisotopic (exact) mass is 326 g/mol. The molecule has 1 amide bonds. The summed E-state index contributed by atoms with van der Waals surface area (Å²) in [6.07, 6.45) is -0.590. The van der Waals surface area contributed by atoms with Gasteiger partial charge in [0.25, 0.3) is 0 Å². The molecule has 0 spiro atoms. The van der Waals surface area contributed by atoms with Gasteiger partial charge in [0.15, 0.2) is 8.32 Å². The van der Waals surface area contributed by atoms with E-state index in [0.29, 0.717) is 13.1 Å². The molecule has 1 heterocycles. The zero-order valence-electron chi connectivity index (χ0n) is 15.2. The van der Waals surface area contributed by atoms with Crippen molar-refractivity contribution in [3.63, 3.8) is 0 Å². The molecule has 0 aromatic carbocycles. The number of nitrogens with zero attached hydrogens (tertiary/aromatic N) is 2. The zero-order chi connectivity index (χ0) is 17.3. The molecule has 0 aromatic rings.